The van der Waals surface area contributed by atoms with E-state index in [1.807, 2.05) is 11.0 Å². The minimum Gasteiger partial charge on any atom is -0.381 e. The van der Waals surface area contributed by atoms with Crippen LogP contribution in [0.25, 0.3) is 10.9 Å². The number of rotatable bonds is 3. The Balaban J connectivity index is 1.88. The second-order valence-electron chi connectivity index (χ2n) is 7.87. The van der Waals surface area contributed by atoms with Crippen molar-refractivity contribution in [2.24, 2.45) is 0 Å². The Kier molecular flexibility index (Phi) is 4.31. The molecule has 0 bridgehead atoms. The van der Waals surface area contributed by atoms with E-state index in [1.165, 1.54) is 16.5 Å². The number of aryl methyl sites for hydroxylation is 1. The molecule has 1 amide bonds. The second-order valence-corrected chi connectivity index (χ2v) is 7.87. The monoisotopic (exact) mass is 362 g/mol. The first-order valence-electron chi connectivity index (χ1n) is 9.62. The average Bonchev–Trinajstić information content (AvgIpc) is 3.04. The van der Waals surface area contributed by atoms with Crippen LogP contribution in [0, 0.1) is 0 Å². The standard InChI is InChI=1S/C23H26N2O2/c1-4-15-9-11-16(12-10-15)21-20-18(17-7-5-6-8-19(17)24-20)13-14-25(21)22(26)23(2,3)27/h5-12,21,24,27H,4,13-14H2,1-3H3/t21-/m1/s1. The molecule has 0 spiro atoms. The van der Waals surface area contributed by atoms with Gasteiger partial charge in [-0.1, -0.05) is 49.4 Å². The molecule has 0 saturated carbocycles. The van der Waals surface area contributed by atoms with Gasteiger partial charge >= 0.3 is 0 Å². The topological polar surface area (TPSA) is 56.3 Å². The average molecular weight is 362 g/mol. The Morgan fingerprint density at radius 3 is 2.56 bits per heavy atom. The van der Waals surface area contributed by atoms with Crippen molar-refractivity contribution < 1.29 is 9.90 Å². The summed E-state index contributed by atoms with van der Waals surface area (Å²) in [4.78, 5) is 18.4. The first-order valence-corrected chi connectivity index (χ1v) is 9.62. The van der Waals surface area contributed by atoms with E-state index in [4.69, 9.17) is 0 Å². The molecular formula is C23H26N2O2. The van der Waals surface area contributed by atoms with E-state index in [9.17, 15) is 9.90 Å². The van der Waals surface area contributed by atoms with Gasteiger partial charge in [-0.25, -0.2) is 0 Å². The fourth-order valence-electron chi connectivity index (χ4n) is 4.09. The highest BCUT2D eigenvalue weighted by atomic mass is 16.3. The van der Waals surface area contributed by atoms with Gasteiger partial charge in [0.1, 0.15) is 5.60 Å². The number of aliphatic hydroxyl groups is 1. The zero-order valence-electron chi connectivity index (χ0n) is 16.1. The fraction of sp³-hybridized carbons (Fsp3) is 0.348. The van der Waals surface area contributed by atoms with Crippen LogP contribution < -0.4 is 0 Å². The minimum absolute atomic E-state index is 0.217. The lowest BCUT2D eigenvalue weighted by atomic mass is 9.90. The zero-order chi connectivity index (χ0) is 19.2. The highest BCUT2D eigenvalue weighted by molar-refractivity contribution is 5.88. The summed E-state index contributed by atoms with van der Waals surface area (Å²) in [6.45, 7) is 5.86. The van der Waals surface area contributed by atoms with Crippen molar-refractivity contribution in [2.75, 3.05) is 6.54 Å². The number of para-hydroxylation sites is 1. The number of aromatic amines is 1. The summed E-state index contributed by atoms with van der Waals surface area (Å²) in [5.74, 6) is -0.239. The maximum atomic E-state index is 13.0. The maximum absolute atomic E-state index is 13.0. The van der Waals surface area contributed by atoms with Gasteiger partial charge in [-0.15, -0.1) is 0 Å². The summed E-state index contributed by atoms with van der Waals surface area (Å²) in [6, 6.07) is 16.5. The second kappa shape index (κ2) is 6.54. The summed E-state index contributed by atoms with van der Waals surface area (Å²) < 4.78 is 0. The van der Waals surface area contributed by atoms with E-state index < -0.39 is 5.60 Å². The van der Waals surface area contributed by atoms with Crippen LogP contribution in [-0.2, 0) is 17.6 Å². The molecule has 4 nitrogen and oxygen atoms in total. The highest BCUT2D eigenvalue weighted by Crippen LogP contribution is 2.39. The molecule has 2 heterocycles. The largest absolute Gasteiger partial charge is 0.381 e. The van der Waals surface area contributed by atoms with Gasteiger partial charge in [0.15, 0.2) is 0 Å². The predicted molar refractivity (Wildman–Crippen MR) is 108 cm³/mol. The van der Waals surface area contributed by atoms with Crippen molar-refractivity contribution in [2.45, 2.75) is 45.3 Å². The Morgan fingerprint density at radius 1 is 1.19 bits per heavy atom. The normalized spacial score (nSPS) is 17.2. The van der Waals surface area contributed by atoms with Gasteiger partial charge in [0.2, 0.25) is 0 Å². The number of aromatic nitrogens is 1. The van der Waals surface area contributed by atoms with Crippen LogP contribution in [0.1, 0.15) is 49.2 Å². The molecule has 0 aliphatic carbocycles. The first-order chi connectivity index (χ1) is 12.9. The third-order valence-corrected chi connectivity index (χ3v) is 5.52. The molecule has 0 radical (unpaired) electrons. The smallest absolute Gasteiger partial charge is 0.254 e. The summed E-state index contributed by atoms with van der Waals surface area (Å²) in [5, 5.41) is 11.6. The van der Waals surface area contributed by atoms with Crippen molar-refractivity contribution in [1.29, 1.82) is 0 Å². The summed E-state index contributed by atoms with van der Waals surface area (Å²) >= 11 is 0. The molecule has 2 aromatic carbocycles. The molecule has 1 atom stereocenters. The Bertz CT molecular complexity index is 980. The SMILES string of the molecule is CCc1ccc([C@@H]2c3[nH]c4ccccc4c3CCN2C(=O)C(C)(C)O)cc1. The van der Waals surface area contributed by atoms with E-state index in [0.717, 1.165) is 29.6 Å². The molecule has 27 heavy (non-hydrogen) atoms. The Morgan fingerprint density at radius 2 is 1.89 bits per heavy atom. The van der Waals surface area contributed by atoms with Crippen LogP contribution in [0.5, 0.6) is 0 Å². The van der Waals surface area contributed by atoms with Crippen molar-refractivity contribution in [3.05, 3.63) is 70.9 Å². The van der Waals surface area contributed by atoms with Gasteiger partial charge in [0, 0.05) is 23.1 Å². The van der Waals surface area contributed by atoms with Gasteiger partial charge in [0.25, 0.3) is 5.91 Å². The van der Waals surface area contributed by atoms with Crippen LogP contribution in [0.15, 0.2) is 48.5 Å². The van der Waals surface area contributed by atoms with Gasteiger partial charge < -0.3 is 15.0 Å². The lowest BCUT2D eigenvalue weighted by Gasteiger charge is -2.39. The van der Waals surface area contributed by atoms with Gasteiger partial charge in [-0.3, -0.25) is 4.79 Å². The minimum atomic E-state index is -1.40. The molecule has 3 aromatic rings. The number of nitrogens with one attached hydrogen (secondary N) is 1. The number of hydrogen-bond donors (Lipinski definition) is 2. The predicted octanol–water partition coefficient (Wildman–Crippen LogP) is 3.98. The quantitative estimate of drug-likeness (QED) is 0.741. The number of hydrogen-bond acceptors (Lipinski definition) is 2. The Labute approximate surface area is 159 Å². The molecule has 140 valence electrons. The van der Waals surface area contributed by atoms with Crippen LogP contribution >= 0.6 is 0 Å². The molecule has 4 heteroatoms. The van der Waals surface area contributed by atoms with E-state index in [2.05, 4.69) is 54.4 Å². The number of carbonyl (C=O) groups excluding carboxylic acids is 1. The highest BCUT2D eigenvalue weighted by Gasteiger charge is 2.39. The summed E-state index contributed by atoms with van der Waals surface area (Å²) in [7, 11) is 0. The number of benzene rings is 2. The van der Waals surface area contributed by atoms with Gasteiger partial charge in [-0.2, -0.15) is 0 Å². The number of nitrogens with zero attached hydrogens (tertiary/aromatic N) is 1. The summed E-state index contributed by atoms with van der Waals surface area (Å²) in [5.41, 5.74) is 4.36. The first kappa shape index (κ1) is 17.8. The number of carbonyl (C=O) groups is 1. The molecular weight excluding hydrogens is 336 g/mol. The van der Waals surface area contributed by atoms with E-state index in [0.29, 0.717) is 6.54 Å². The van der Waals surface area contributed by atoms with Crippen molar-refractivity contribution in [3.8, 4) is 0 Å². The molecule has 2 N–H and O–H groups in total. The van der Waals surface area contributed by atoms with E-state index in [-0.39, 0.29) is 11.9 Å². The molecule has 1 aliphatic heterocycles. The van der Waals surface area contributed by atoms with E-state index in [1.54, 1.807) is 13.8 Å². The van der Waals surface area contributed by atoms with Crippen LogP contribution in [0.3, 0.4) is 0 Å². The van der Waals surface area contributed by atoms with Crippen molar-refractivity contribution >= 4 is 16.8 Å². The lowest BCUT2D eigenvalue weighted by molar-refractivity contribution is -0.150. The fourth-order valence-corrected chi connectivity index (χ4v) is 4.09. The number of fused-ring (bicyclic) bond motifs is 3. The van der Waals surface area contributed by atoms with E-state index >= 15 is 0 Å². The van der Waals surface area contributed by atoms with Gasteiger partial charge in [0.05, 0.1) is 6.04 Å². The molecule has 1 aliphatic rings. The third kappa shape index (κ3) is 3.04. The maximum Gasteiger partial charge on any atom is 0.254 e. The molecule has 0 saturated heterocycles. The zero-order valence-corrected chi connectivity index (χ0v) is 16.1. The van der Waals surface area contributed by atoms with Crippen LogP contribution in [0.4, 0.5) is 0 Å². The van der Waals surface area contributed by atoms with Crippen LogP contribution in [-0.4, -0.2) is 33.0 Å². The molecule has 0 fully saturated rings. The third-order valence-electron chi connectivity index (χ3n) is 5.52. The number of H-pyrrole nitrogens is 1. The van der Waals surface area contributed by atoms with Crippen LogP contribution in [0.2, 0.25) is 0 Å². The molecule has 0 unspecified atom stereocenters. The lowest BCUT2D eigenvalue weighted by Crippen LogP contribution is -2.49. The van der Waals surface area contributed by atoms with Gasteiger partial charge in [-0.05, 0) is 49.4 Å². The molecule has 1 aromatic heterocycles. The van der Waals surface area contributed by atoms with Crippen molar-refractivity contribution in [1.82, 2.24) is 9.88 Å². The molecule has 4 rings (SSSR count). The number of amides is 1. The summed E-state index contributed by atoms with van der Waals surface area (Å²) in [6.07, 6.45) is 1.76. The van der Waals surface area contributed by atoms with Crippen molar-refractivity contribution in [3.63, 3.8) is 0 Å². The Hall–Kier alpha value is -2.59.